The van der Waals surface area contributed by atoms with E-state index >= 15 is 0 Å². The second-order valence-electron chi connectivity index (χ2n) is 23.1. The number of halogens is 6. The van der Waals surface area contributed by atoms with Gasteiger partial charge in [-0.25, -0.2) is 0 Å². The van der Waals surface area contributed by atoms with Gasteiger partial charge < -0.3 is 21.7 Å². The first-order valence-electron chi connectivity index (χ1n) is 28.2. The first kappa shape index (κ1) is 57.4. The van der Waals surface area contributed by atoms with E-state index in [-0.39, 0.29) is 35.4 Å². The highest BCUT2D eigenvalue weighted by atomic mass is 19.4. The van der Waals surface area contributed by atoms with E-state index in [2.05, 4.69) is 170 Å². The van der Waals surface area contributed by atoms with Crippen LogP contribution in [0.3, 0.4) is 0 Å². The van der Waals surface area contributed by atoms with Crippen molar-refractivity contribution < 1.29 is 35.9 Å². The van der Waals surface area contributed by atoms with E-state index < -0.39 is 35.2 Å². The molecule has 0 bridgehead atoms. The lowest BCUT2D eigenvalue weighted by Gasteiger charge is -2.48. The predicted octanol–water partition coefficient (Wildman–Crippen LogP) is 10.8. The number of nitrogens with zero attached hydrogens (tertiary/aromatic N) is 4. The molecule has 6 aromatic carbocycles. The summed E-state index contributed by atoms with van der Waals surface area (Å²) < 4.78 is 73.7. The smallest absolute Gasteiger partial charge is 0.342 e. The molecule has 0 radical (unpaired) electrons. The van der Waals surface area contributed by atoms with Crippen LogP contribution in [0.15, 0.2) is 182 Å². The molecule has 0 unspecified atom stereocenters. The average molecular weight is 1110 g/mol. The number of nitriles is 1. The lowest BCUT2D eigenvalue weighted by molar-refractivity contribution is -0.175. The standard InChI is InChI=1S/C21H21F3N2O.C19H22N2.C17H16N2.C8H11F3N2O/c22-21(23,24)19(27)25-20(11-12-20)17-13-26(14-17)18(15-7-3-1-4-8-15)16-9-5-2-6-10-16;20-19(11-12-19)17-13-21(14-17)18(15-7-3-1-4-8-15)16-9-5-2-6-10-16;18-11-14-12-19(13-14)17(15-7-3-1-4-8-15)16-9-5-2-6-10-16;9-8(10,11)6(14)13-7(1-2-7)5-3-12-4-5/h1-10,17-18H,11-14H2,(H,25,27);1-10,17-18H,11-14,20H2;1-10,14,17H,12-13H2;5,12H,1-4H2,(H,13,14). The molecular weight excluding hydrogens is 1040 g/mol. The second kappa shape index (κ2) is 24.3. The van der Waals surface area contributed by atoms with Gasteiger partial charge in [-0.1, -0.05) is 182 Å². The molecular formula is C65H70F6N8O2. The van der Waals surface area contributed by atoms with Crippen LogP contribution in [0.25, 0.3) is 0 Å². The van der Waals surface area contributed by atoms with E-state index in [4.69, 9.17) is 11.0 Å². The van der Waals surface area contributed by atoms with Gasteiger partial charge in [0.25, 0.3) is 0 Å². The summed E-state index contributed by atoms with van der Waals surface area (Å²) in [4.78, 5) is 29.3. The van der Waals surface area contributed by atoms with Gasteiger partial charge in [0.05, 0.1) is 30.1 Å². The minimum absolute atomic E-state index is 0.0544. The Balaban J connectivity index is 0.000000124. The number of amides is 2. The maximum Gasteiger partial charge on any atom is 0.471 e. The fraction of sp³-hybridized carbons (Fsp3) is 0.400. The number of hydrogen-bond donors (Lipinski definition) is 4. The van der Waals surface area contributed by atoms with Gasteiger partial charge in [0.15, 0.2) is 0 Å². The van der Waals surface area contributed by atoms with Gasteiger partial charge in [-0.15, -0.1) is 0 Å². The summed E-state index contributed by atoms with van der Waals surface area (Å²) in [6, 6.07) is 66.0. The van der Waals surface area contributed by atoms with Gasteiger partial charge in [-0.05, 0) is 71.9 Å². The molecule has 10 nitrogen and oxygen atoms in total. The van der Waals surface area contributed by atoms with Crippen LogP contribution >= 0.6 is 0 Å². The van der Waals surface area contributed by atoms with Crippen molar-refractivity contribution in [2.24, 2.45) is 29.4 Å². The van der Waals surface area contributed by atoms with Crippen molar-refractivity contribution in [1.82, 2.24) is 30.7 Å². The summed E-state index contributed by atoms with van der Waals surface area (Å²) in [6.07, 6.45) is -4.58. The van der Waals surface area contributed by atoms with Crippen molar-refractivity contribution in [2.45, 2.75) is 85.6 Å². The molecule has 0 aromatic heterocycles. The highest BCUT2D eigenvalue weighted by molar-refractivity contribution is 5.83. The Morgan fingerprint density at radius 1 is 0.457 bits per heavy atom. The first-order valence-corrected chi connectivity index (χ1v) is 28.2. The van der Waals surface area contributed by atoms with Crippen LogP contribution < -0.4 is 21.7 Å². The molecule has 2 amide bonds. The number of hydrogen-bond acceptors (Lipinski definition) is 8. The molecule has 0 atom stereocenters. The minimum Gasteiger partial charge on any atom is -0.342 e. The quantitative estimate of drug-likeness (QED) is 0.0794. The van der Waals surface area contributed by atoms with Crippen molar-refractivity contribution in [1.29, 1.82) is 5.26 Å². The molecule has 4 saturated heterocycles. The number of likely N-dealkylation sites (tertiary alicyclic amines) is 3. The van der Waals surface area contributed by atoms with Crippen molar-refractivity contribution >= 4 is 11.8 Å². The van der Waals surface area contributed by atoms with E-state index in [1.54, 1.807) is 0 Å². The number of rotatable bonds is 14. The zero-order chi connectivity index (χ0) is 56.8. The first-order chi connectivity index (χ1) is 39.0. The maximum atomic E-state index is 12.6. The monoisotopic (exact) mass is 1110 g/mol. The molecule has 424 valence electrons. The Kier molecular flexibility index (Phi) is 17.2. The fourth-order valence-electron chi connectivity index (χ4n) is 12.0. The normalized spacial score (nSPS) is 20.2. The summed E-state index contributed by atoms with van der Waals surface area (Å²) in [5.74, 6) is -2.52. The number of alkyl halides is 6. The lowest BCUT2D eigenvalue weighted by Crippen LogP contribution is -2.60. The van der Waals surface area contributed by atoms with Gasteiger partial charge >= 0.3 is 24.2 Å². The fourth-order valence-corrected chi connectivity index (χ4v) is 12.0. The van der Waals surface area contributed by atoms with Gasteiger partial charge in [-0.3, -0.25) is 24.3 Å². The zero-order valence-electron chi connectivity index (χ0n) is 45.2. The van der Waals surface area contributed by atoms with Crippen LogP contribution in [0, 0.1) is 35.0 Å². The van der Waals surface area contributed by atoms with Crippen LogP contribution in [0.2, 0.25) is 0 Å². The molecule has 5 N–H and O–H groups in total. The highest BCUT2D eigenvalue weighted by Crippen LogP contribution is 2.50. The van der Waals surface area contributed by atoms with Crippen molar-refractivity contribution in [3.8, 4) is 6.07 Å². The number of nitrogens with one attached hydrogen (secondary N) is 3. The Labute approximate surface area is 470 Å². The van der Waals surface area contributed by atoms with Crippen molar-refractivity contribution in [3.05, 3.63) is 215 Å². The molecule has 7 fully saturated rings. The van der Waals surface area contributed by atoms with Crippen molar-refractivity contribution in [2.75, 3.05) is 52.4 Å². The molecule has 81 heavy (non-hydrogen) atoms. The number of carbonyl (C=O) groups excluding carboxylic acids is 2. The highest BCUT2D eigenvalue weighted by Gasteiger charge is 2.58. The molecule has 16 heteroatoms. The molecule has 7 aliphatic rings. The van der Waals surface area contributed by atoms with E-state index in [0.717, 1.165) is 37.3 Å². The molecule has 0 spiro atoms. The van der Waals surface area contributed by atoms with Crippen LogP contribution in [-0.2, 0) is 9.59 Å². The van der Waals surface area contributed by atoms with E-state index in [9.17, 15) is 35.9 Å². The largest absolute Gasteiger partial charge is 0.471 e. The Morgan fingerprint density at radius 3 is 0.963 bits per heavy atom. The van der Waals surface area contributed by atoms with Gasteiger partial charge in [0, 0.05) is 86.7 Å². The molecule has 13 rings (SSSR count). The Hall–Kier alpha value is -6.87. The van der Waals surface area contributed by atoms with E-state index in [0.29, 0.717) is 63.8 Å². The molecule has 3 saturated carbocycles. The zero-order valence-corrected chi connectivity index (χ0v) is 45.2. The number of nitrogens with two attached hydrogens (primary N) is 1. The van der Waals surface area contributed by atoms with Crippen LogP contribution in [0.1, 0.15) is 90.0 Å². The molecule has 4 aliphatic heterocycles. The topological polar surface area (TPSA) is 130 Å². The Bertz CT molecular complexity index is 2910. The summed E-state index contributed by atoms with van der Waals surface area (Å²) in [7, 11) is 0. The number of carbonyl (C=O) groups is 2. The van der Waals surface area contributed by atoms with E-state index in [1.165, 1.54) is 35.1 Å². The van der Waals surface area contributed by atoms with Gasteiger partial charge in [0.1, 0.15) is 0 Å². The molecule has 6 aromatic rings. The van der Waals surface area contributed by atoms with E-state index in [1.807, 2.05) is 48.5 Å². The van der Waals surface area contributed by atoms with Crippen LogP contribution in [0.4, 0.5) is 26.3 Å². The average Bonchev–Trinajstić information content (AvgIpc) is 4.52. The maximum absolute atomic E-state index is 12.6. The summed E-state index contributed by atoms with van der Waals surface area (Å²) in [5.41, 5.74) is 13.0. The second-order valence-corrected chi connectivity index (χ2v) is 23.1. The van der Waals surface area contributed by atoms with Gasteiger partial charge in [0.2, 0.25) is 0 Å². The third kappa shape index (κ3) is 13.7. The Morgan fingerprint density at radius 2 is 0.728 bits per heavy atom. The summed E-state index contributed by atoms with van der Waals surface area (Å²) in [5, 5.41) is 16.3. The summed E-state index contributed by atoms with van der Waals surface area (Å²) in [6.45, 7) is 6.75. The lowest BCUT2D eigenvalue weighted by atomic mass is 9.84. The minimum atomic E-state index is -4.82. The SMILES string of the molecule is N#CC1CN(C(c2ccccc2)c2ccccc2)C1.NC1(C2CN(C(c3ccccc3)c3ccccc3)C2)CC1.O=C(NC1(C2CN(C(c3ccccc3)c3ccccc3)C2)CC1)C(F)(F)F.O=C(NC1(C2CNC2)CC1)C(F)(F)F. The van der Waals surface area contributed by atoms with Crippen LogP contribution in [0.5, 0.6) is 0 Å². The third-order valence-electron chi connectivity index (χ3n) is 17.5. The third-order valence-corrected chi connectivity index (χ3v) is 17.5. The van der Waals surface area contributed by atoms with Crippen LogP contribution in [-0.4, -0.2) is 108 Å². The molecule has 4 heterocycles. The molecule has 3 aliphatic carbocycles. The summed E-state index contributed by atoms with van der Waals surface area (Å²) >= 11 is 0. The predicted molar refractivity (Wildman–Crippen MR) is 300 cm³/mol. The van der Waals surface area contributed by atoms with Crippen molar-refractivity contribution in [3.63, 3.8) is 0 Å². The number of benzene rings is 6. The van der Waals surface area contributed by atoms with Gasteiger partial charge in [-0.2, -0.15) is 31.6 Å².